The first kappa shape index (κ1) is 33.6. The standard InChI is InChI=1S/C24H29N3O2.2C2HF3O2/c28-24(26-20-6-8-21(9-7-20)27-10-12-29-13-11-27)19-3-1-2-18(14-19)22-15-23(22)25-16-17-4-5-17;2*3-2(4,5)1(6)7/h1-3,6-9,14,17,22-23,25H,4-5,10-13,15-16H2,(H,26,28);2*(H,6,7)/t22-,23+;;/m0../s1. The Bertz CT molecular complexity index is 1220. The number of anilines is 2. The van der Waals surface area contributed by atoms with Gasteiger partial charge >= 0.3 is 24.3 Å². The van der Waals surface area contributed by atoms with Crippen LogP contribution in [0.1, 0.15) is 41.1 Å². The Hall–Kier alpha value is -3.85. The Morgan fingerprint density at radius 3 is 1.95 bits per heavy atom. The number of morpholine rings is 1. The van der Waals surface area contributed by atoms with Crippen molar-refractivity contribution < 1.29 is 55.7 Å². The lowest BCUT2D eigenvalue weighted by molar-refractivity contribution is -0.193. The van der Waals surface area contributed by atoms with E-state index in [2.05, 4.69) is 39.8 Å². The fourth-order valence-electron chi connectivity index (χ4n) is 4.12. The minimum absolute atomic E-state index is 0.0471. The van der Waals surface area contributed by atoms with Crippen molar-refractivity contribution in [2.75, 3.05) is 43.1 Å². The summed E-state index contributed by atoms with van der Waals surface area (Å²) in [6.07, 6.45) is -6.22. The smallest absolute Gasteiger partial charge is 0.475 e. The number of alkyl halides is 6. The molecule has 2 atom stereocenters. The zero-order chi connectivity index (χ0) is 31.8. The summed E-state index contributed by atoms with van der Waals surface area (Å²) < 4.78 is 68.9. The zero-order valence-corrected chi connectivity index (χ0v) is 22.8. The molecule has 1 heterocycles. The van der Waals surface area contributed by atoms with E-state index in [0.717, 1.165) is 50.0 Å². The van der Waals surface area contributed by atoms with E-state index in [0.29, 0.717) is 12.0 Å². The van der Waals surface area contributed by atoms with Crippen molar-refractivity contribution in [2.24, 2.45) is 5.92 Å². The summed E-state index contributed by atoms with van der Waals surface area (Å²) in [4.78, 5) is 32.8. The molecule has 2 aromatic rings. The van der Waals surface area contributed by atoms with E-state index < -0.39 is 24.3 Å². The van der Waals surface area contributed by atoms with E-state index in [1.54, 1.807) is 0 Å². The van der Waals surface area contributed by atoms with Crippen LogP contribution in [0.25, 0.3) is 0 Å². The lowest BCUT2D eigenvalue weighted by Crippen LogP contribution is -2.36. The SMILES string of the molecule is O=C(Nc1ccc(N2CCOCC2)cc1)c1cccc([C@@H]2C[C@H]2NCC2CC2)c1.O=C(O)C(F)(F)F.O=C(O)C(F)(F)F. The summed E-state index contributed by atoms with van der Waals surface area (Å²) in [5, 5.41) is 21.0. The van der Waals surface area contributed by atoms with Crippen molar-refractivity contribution in [3.8, 4) is 0 Å². The molecule has 2 aliphatic carbocycles. The molecule has 4 N–H and O–H groups in total. The van der Waals surface area contributed by atoms with E-state index in [-0.39, 0.29) is 5.91 Å². The predicted octanol–water partition coefficient (Wildman–Crippen LogP) is 4.90. The number of ether oxygens (including phenoxy) is 1. The first-order valence-corrected chi connectivity index (χ1v) is 13.3. The van der Waals surface area contributed by atoms with Crippen LogP contribution in [0, 0.1) is 5.92 Å². The molecule has 9 nitrogen and oxygen atoms in total. The highest BCUT2D eigenvalue weighted by Crippen LogP contribution is 2.42. The summed E-state index contributed by atoms with van der Waals surface area (Å²) in [5.41, 5.74) is 4.00. The fraction of sp³-hybridized carbons (Fsp3) is 0.464. The average Bonchev–Trinajstić information content (AvgIpc) is 3.88. The highest BCUT2D eigenvalue weighted by Gasteiger charge is 2.40. The molecule has 43 heavy (non-hydrogen) atoms. The van der Waals surface area contributed by atoms with Gasteiger partial charge in [-0.25, -0.2) is 9.59 Å². The van der Waals surface area contributed by atoms with Gasteiger partial charge in [-0.05, 0) is 73.7 Å². The van der Waals surface area contributed by atoms with Gasteiger partial charge in [-0.2, -0.15) is 26.3 Å². The molecule has 2 saturated carbocycles. The maximum absolute atomic E-state index is 12.7. The first-order valence-electron chi connectivity index (χ1n) is 13.3. The molecule has 1 amide bonds. The number of rotatable bonds is 7. The van der Waals surface area contributed by atoms with Crippen LogP contribution in [0.5, 0.6) is 0 Å². The van der Waals surface area contributed by atoms with Crippen LogP contribution in [0.4, 0.5) is 37.7 Å². The van der Waals surface area contributed by atoms with Crippen LogP contribution in [0.3, 0.4) is 0 Å². The van der Waals surface area contributed by atoms with Gasteiger partial charge in [-0.1, -0.05) is 12.1 Å². The molecule has 0 bridgehead atoms. The summed E-state index contributed by atoms with van der Waals surface area (Å²) in [7, 11) is 0. The summed E-state index contributed by atoms with van der Waals surface area (Å²) >= 11 is 0. The van der Waals surface area contributed by atoms with Crippen LogP contribution >= 0.6 is 0 Å². The number of carboxylic acids is 2. The molecule has 2 aromatic carbocycles. The number of carbonyl (C=O) groups is 3. The third kappa shape index (κ3) is 11.4. The second-order valence-corrected chi connectivity index (χ2v) is 10.1. The molecule has 3 fully saturated rings. The van der Waals surface area contributed by atoms with Crippen molar-refractivity contribution >= 4 is 29.2 Å². The molecule has 0 unspecified atom stereocenters. The van der Waals surface area contributed by atoms with E-state index in [1.165, 1.54) is 30.5 Å². The summed E-state index contributed by atoms with van der Waals surface area (Å²) in [6, 6.07) is 16.8. The van der Waals surface area contributed by atoms with Gasteiger partial charge in [0.25, 0.3) is 5.91 Å². The monoisotopic (exact) mass is 619 g/mol. The summed E-state index contributed by atoms with van der Waals surface area (Å²) in [6.45, 7) is 4.52. The van der Waals surface area contributed by atoms with Gasteiger partial charge < -0.3 is 30.5 Å². The van der Waals surface area contributed by atoms with Gasteiger partial charge in [-0.3, -0.25) is 4.79 Å². The van der Waals surface area contributed by atoms with Crippen LogP contribution in [-0.4, -0.2) is 79.3 Å². The lowest BCUT2D eigenvalue weighted by atomic mass is 10.1. The Morgan fingerprint density at radius 2 is 1.44 bits per heavy atom. The Balaban J connectivity index is 0.000000303. The molecule has 1 saturated heterocycles. The Kier molecular flexibility index (Phi) is 11.4. The van der Waals surface area contributed by atoms with Gasteiger partial charge in [0.1, 0.15) is 0 Å². The number of nitrogens with zero attached hydrogens (tertiary/aromatic N) is 1. The average molecular weight is 620 g/mol. The number of hydrogen-bond acceptors (Lipinski definition) is 6. The molecule has 5 rings (SSSR count). The van der Waals surface area contributed by atoms with Crippen LogP contribution in [0.2, 0.25) is 0 Å². The maximum Gasteiger partial charge on any atom is 0.490 e. The van der Waals surface area contributed by atoms with Gasteiger partial charge in [0, 0.05) is 42.0 Å². The van der Waals surface area contributed by atoms with Gasteiger partial charge in [0.2, 0.25) is 0 Å². The third-order valence-electron chi connectivity index (χ3n) is 6.72. The minimum atomic E-state index is -5.08. The molecule has 15 heteroatoms. The third-order valence-corrected chi connectivity index (χ3v) is 6.72. The quantitative estimate of drug-likeness (QED) is 0.323. The molecule has 0 spiro atoms. The largest absolute Gasteiger partial charge is 0.490 e. The summed E-state index contributed by atoms with van der Waals surface area (Å²) in [5.74, 6) is -4.11. The van der Waals surface area contributed by atoms with E-state index in [4.69, 9.17) is 24.5 Å². The van der Waals surface area contributed by atoms with Crippen molar-refractivity contribution in [1.29, 1.82) is 0 Å². The second kappa shape index (κ2) is 14.6. The number of halogens is 6. The number of amides is 1. The molecule has 3 aliphatic rings. The van der Waals surface area contributed by atoms with Gasteiger partial charge in [0.15, 0.2) is 0 Å². The molecule has 1 aliphatic heterocycles. The van der Waals surface area contributed by atoms with Crippen molar-refractivity contribution in [3.63, 3.8) is 0 Å². The van der Waals surface area contributed by atoms with E-state index in [1.807, 2.05) is 24.3 Å². The van der Waals surface area contributed by atoms with Gasteiger partial charge in [-0.15, -0.1) is 0 Å². The number of carboxylic acid groups (broad SMARTS) is 2. The normalized spacial score (nSPS) is 19.6. The topological polar surface area (TPSA) is 128 Å². The van der Waals surface area contributed by atoms with Crippen molar-refractivity contribution in [1.82, 2.24) is 5.32 Å². The van der Waals surface area contributed by atoms with E-state index >= 15 is 0 Å². The molecule has 0 aromatic heterocycles. The number of aliphatic carboxylic acids is 2. The fourth-order valence-corrected chi connectivity index (χ4v) is 4.12. The maximum atomic E-state index is 12.7. The first-order chi connectivity index (χ1) is 20.1. The predicted molar refractivity (Wildman–Crippen MR) is 143 cm³/mol. The van der Waals surface area contributed by atoms with Crippen LogP contribution in [0.15, 0.2) is 48.5 Å². The molecular formula is C28H31F6N3O6. The Morgan fingerprint density at radius 1 is 0.884 bits per heavy atom. The molecular weight excluding hydrogens is 588 g/mol. The molecule has 236 valence electrons. The lowest BCUT2D eigenvalue weighted by Gasteiger charge is -2.28. The highest BCUT2D eigenvalue weighted by atomic mass is 19.4. The highest BCUT2D eigenvalue weighted by molar-refractivity contribution is 6.04. The van der Waals surface area contributed by atoms with Crippen molar-refractivity contribution in [3.05, 3.63) is 59.7 Å². The van der Waals surface area contributed by atoms with Crippen LogP contribution < -0.4 is 15.5 Å². The second-order valence-electron chi connectivity index (χ2n) is 10.1. The number of nitrogens with one attached hydrogen (secondary N) is 2. The van der Waals surface area contributed by atoms with Crippen LogP contribution in [-0.2, 0) is 14.3 Å². The van der Waals surface area contributed by atoms with E-state index in [9.17, 15) is 31.1 Å². The minimum Gasteiger partial charge on any atom is -0.475 e. The van der Waals surface area contributed by atoms with Crippen molar-refractivity contribution in [2.45, 2.75) is 43.6 Å². The number of benzene rings is 2. The van der Waals surface area contributed by atoms with Gasteiger partial charge in [0.05, 0.1) is 13.2 Å². The number of hydrogen-bond donors (Lipinski definition) is 4. The molecule has 0 radical (unpaired) electrons. The Labute approximate surface area is 242 Å². The zero-order valence-electron chi connectivity index (χ0n) is 22.8. The number of carbonyl (C=O) groups excluding carboxylic acids is 1.